The molecule has 0 saturated carbocycles. The van der Waals surface area contributed by atoms with E-state index in [1.54, 1.807) is 26.3 Å². The third kappa shape index (κ3) is 5.61. The molecule has 0 N–H and O–H groups in total. The van der Waals surface area contributed by atoms with Gasteiger partial charge in [0.15, 0.2) is 0 Å². The van der Waals surface area contributed by atoms with E-state index in [-0.39, 0.29) is 11.9 Å². The van der Waals surface area contributed by atoms with Crippen molar-refractivity contribution in [3.8, 4) is 0 Å². The fourth-order valence-electron chi connectivity index (χ4n) is 3.46. The summed E-state index contributed by atoms with van der Waals surface area (Å²) in [7, 11) is -2.29. The Hall–Kier alpha value is -2.38. The molecule has 0 unspecified atom stereocenters. The first-order valence-electron chi connectivity index (χ1n) is 10.1. The smallest absolute Gasteiger partial charge is 0.126 e. The molecule has 0 radical (unpaired) electrons. The Morgan fingerprint density at radius 1 is 1.13 bits per heavy atom. The minimum Gasteiger partial charge on any atom is -0.486 e. The summed E-state index contributed by atoms with van der Waals surface area (Å²) in [6.07, 6.45) is 3.63. The van der Waals surface area contributed by atoms with Gasteiger partial charge in [0.05, 0.1) is 0 Å². The molecule has 0 heterocycles. The van der Waals surface area contributed by atoms with E-state index >= 15 is 0 Å². The lowest BCUT2D eigenvalue weighted by Gasteiger charge is -2.22. The second kappa shape index (κ2) is 9.62. The van der Waals surface area contributed by atoms with Crippen LogP contribution in [-0.2, 0) is 9.30 Å². The zero-order valence-corrected chi connectivity index (χ0v) is 19.9. The molecule has 0 aliphatic carbocycles. The van der Waals surface area contributed by atoms with Crippen LogP contribution in [0.25, 0.3) is 5.57 Å². The SMILES string of the molecule is C=C(C)/C(=C\C(=C/C)c1ccc(P(C)(C)=O)cc1)O[C@H](C)c1c(C)ccc(F)c1C. The zero-order chi connectivity index (χ0) is 22.6. The molecule has 0 amide bonds. The summed E-state index contributed by atoms with van der Waals surface area (Å²) in [5.41, 5.74) is 5.22. The number of benzene rings is 2. The van der Waals surface area contributed by atoms with Crippen molar-refractivity contribution in [1.29, 1.82) is 0 Å². The van der Waals surface area contributed by atoms with Crippen molar-refractivity contribution in [3.05, 3.63) is 94.5 Å². The summed E-state index contributed by atoms with van der Waals surface area (Å²) in [5, 5.41) is 0.854. The Morgan fingerprint density at radius 2 is 1.73 bits per heavy atom. The number of hydrogen-bond acceptors (Lipinski definition) is 2. The van der Waals surface area contributed by atoms with Crippen molar-refractivity contribution < 1.29 is 13.7 Å². The van der Waals surface area contributed by atoms with E-state index in [0.717, 1.165) is 33.1 Å². The number of rotatable bonds is 7. The van der Waals surface area contributed by atoms with Gasteiger partial charge in [-0.05, 0) is 87.9 Å². The molecule has 0 aromatic heterocycles. The molecular formula is C26H32FO2P. The van der Waals surface area contributed by atoms with E-state index in [4.69, 9.17) is 4.74 Å². The Labute approximate surface area is 180 Å². The molecule has 0 spiro atoms. The molecule has 30 heavy (non-hydrogen) atoms. The van der Waals surface area contributed by atoms with Crippen molar-refractivity contribution >= 4 is 18.0 Å². The predicted molar refractivity (Wildman–Crippen MR) is 127 cm³/mol. The van der Waals surface area contributed by atoms with Gasteiger partial charge in [-0.2, -0.15) is 0 Å². The first kappa shape index (κ1) is 23.9. The van der Waals surface area contributed by atoms with Crippen LogP contribution in [0.3, 0.4) is 0 Å². The minimum absolute atomic E-state index is 0.231. The molecular weight excluding hydrogens is 394 g/mol. The van der Waals surface area contributed by atoms with E-state index in [2.05, 4.69) is 6.58 Å². The highest BCUT2D eigenvalue weighted by Crippen LogP contribution is 2.35. The molecule has 4 heteroatoms. The van der Waals surface area contributed by atoms with E-state index in [9.17, 15) is 8.96 Å². The molecule has 2 aromatic carbocycles. The third-order valence-corrected chi connectivity index (χ3v) is 6.76. The average molecular weight is 427 g/mol. The minimum atomic E-state index is -2.29. The molecule has 0 aliphatic heterocycles. The number of hydrogen-bond donors (Lipinski definition) is 0. The first-order chi connectivity index (χ1) is 14.0. The van der Waals surface area contributed by atoms with E-state index in [1.165, 1.54) is 6.07 Å². The monoisotopic (exact) mass is 426 g/mol. The summed E-state index contributed by atoms with van der Waals surface area (Å²) >= 11 is 0. The average Bonchev–Trinajstić information content (AvgIpc) is 2.67. The van der Waals surface area contributed by atoms with Gasteiger partial charge in [0.25, 0.3) is 0 Å². The fourth-order valence-corrected chi connectivity index (χ4v) is 4.32. The lowest BCUT2D eigenvalue weighted by atomic mass is 9.98. The number of aryl methyl sites for hydroxylation is 1. The highest BCUT2D eigenvalue weighted by atomic mass is 31.2. The second-order valence-electron chi connectivity index (χ2n) is 8.09. The Bertz CT molecular complexity index is 1040. The van der Waals surface area contributed by atoms with Gasteiger partial charge in [-0.25, -0.2) is 4.39 Å². The van der Waals surface area contributed by atoms with E-state index < -0.39 is 7.14 Å². The number of allylic oxidation sites excluding steroid dienone is 4. The molecule has 1 atom stereocenters. The van der Waals surface area contributed by atoms with Gasteiger partial charge >= 0.3 is 0 Å². The lowest BCUT2D eigenvalue weighted by molar-refractivity contribution is 0.138. The molecule has 2 rings (SSSR count). The highest BCUT2D eigenvalue weighted by Gasteiger charge is 2.18. The first-order valence-corrected chi connectivity index (χ1v) is 12.7. The van der Waals surface area contributed by atoms with Crippen LogP contribution in [0.1, 0.15) is 49.1 Å². The van der Waals surface area contributed by atoms with Crippen molar-refractivity contribution in [2.24, 2.45) is 0 Å². The second-order valence-corrected chi connectivity index (χ2v) is 11.3. The molecule has 160 valence electrons. The van der Waals surface area contributed by atoms with Crippen molar-refractivity contribution in [1.82, 2.24) is 0 Å². The number of halogens is 1. The molecule has 0 fully saturated rings. The fraction of sp³-hybridized carbons (Fsp3) is 0.308. The van der Waals surface area contributed by atoms with Gasteiger partial charge in [-0.3, -0.25) is 0 Å². The van der Waals surface area contributed by atoms with Crippen molar-refractivity contribution in [3.63, 3.8) is 0 Å². The molecule has 0 aliphatic rings. The van der Waals surface area contributed by atoms with E-state index in [0.29, 0.717) is 11.3 Å². The van der Waals surface area contributed by atoms with Gasteiger partial charge in [0.1, 0.15) is 24.8 Å². The highest BCUT2D eigenvalue weighted by molar-refractivity contribution is 7.70. The summed E-state index contributed by atoms with van der Waals surface area (Å²) in [5.74, 6) is 0.421. The van der Waals surface area contributed by atoms with Crippen molar-refractivity contribution in [2.75, 3.05) is 13.3 Å². The van der Waals surface area contributed by atoms with Gasteiger partial charge in [-0.15, -0.1) is 0 Å². The van der Waals surface area contributed by atoms with Crippen LogP contribution in [0.15, 0.2) is 66.5 Å². The summed E-state index contributed by atoms with van der Waals surface area (Å²) in [4.78, 5) is 0. The molecule has 2 aromatic rings. The molecule has 0 saturated heterocycles. The van der Waals surface area contributed by atoms with Gasteiger partial charge in [0.2, 0.25) is 0 Å². The van der Waals surface area contributed by atoms with Crippen LogP contribution in [0, 0.1) is 19.7 Å². The summed E-state index contributed by atoms with van der Waals surface area (Å²) in [6, 6.07) is 11.0. The van der Waals surface area contributed by atoms with Crippen molar-refractivity contribution in [2.45, 2.75) is 40.7 Å². The lowest BCUT2D eigenvalue weighted by Crippen LogP contribution is -2.07. The standard InChI is InChI=1S/C26H32FO2P/c1-9-21(22-11-13-23(14-12-22)30(7,8)28)16-25(17(2)3)29-20(6)26-18(4)10-15-24(27)19(26)5/h9-16,20H,2H2,1,3-8H3/b21-9+,25-16+/t20-/m1/s1. The van der Waals surface area contributed by atoms with Gasteiger partial charge < -0.3 is 9.30 Å². The topological polar surface area (TPSA) is 26.3 Å². The van der Waals surface area contributed by atoms with E-state index in [1.807, 2.05) is 64.1 Å². The zero-order valence-electron chi connectivity index (χ0n) is 19.0. The predicted octanol–water partition coefficient (Wildman–Crippen LogP) is 7.33. The Kier molecular flexibility index (Phi) is 7.66. The largest absolute Gasteiger partial charge is 0.486 e. The maximum Gasteiger partial charge on any atom is 0.126 e. The van der Waals surface area contributed by atoms with Crippen LogP contribution in [0.5, 0.6) is 0 Å². The van der Waals surface area contributed by atoms with Crippen LogP contribution in [0.2, 0.25) is 0 Å². The van der Waals surface area contributed by atoms with Gasteiger partial charge in [-0.1, -0.05) is 43.0 Å². The maximum atomic E-state index is 14.1. The Morgan fingerprint density at radius 3 is 2.23 bits per heavy atom. The summed E-state index contributed by atoms with van der Waals surface area (Å²) in [6.45, 7) is 17.1. The quantitative estimate of drug-likeness (QED) is 0.263. The van der Waals surface area contributed by atoms with Crippen LogP contribution >= 0.6 is 7.14 Å². The third-order valence-electron chi connectivity index (χ3n) is 5.22. The number of ether oxygens (including phenoxy) is 1. The summed E-state index contributed by atoms with van der Waals surface area (Å²) < 4.78 is 32.6. The molecule has 2 nitrogen and oxygen atoms in total. The normalized spacial score (nSPS) is 13.9. The van der Waals surface area contributed by atoms with Crippen LogP contribution < -0.4 is 5.30 Å². The Balaban J connectivity index is 2.38. The van der Waals surface area contributed by atoms with Crippen LogP contribution in [-0.4, -0.2) is 13.3 Å². The van der Waals surface area contributed by atoms with Crippen LogP contribution in [0.4, 0.5) is 4.39 Å². The van der Waals surface area contributed by atoms with Gasteiger partial charge in [0, 0.05) is 10.9 Å². The maximum absolute atomic E-state index is 14.1. The molecule has 0 bridgehead atoms.